The minimum atomic E-state index is -3.16. The number of sulfonamides is 1. The second-order valence-corrected chi connectivity index (χ2v) is 10.1. The van der Waals surface area contributed by atoms with E-state index in [9.17, 15) is 13.2 Å². The van der Waals surface area contributed by atoms with Crippen molar-refractivity contribution in [3.63, 3.8) is 0 Å². The Bertz CT molecular complexity index is 987. The van der Waals surface area contributed by atoms with Crippen molar-refractivity contribution in [2.45, 2.75) is 19.4 Å². The van der Waals surface area contributed by atoms with Crippen molar-refractivity contribution in [3.8, 4) is 0 Å². The monoisotopic (exact) mass is 419 g/mol. The zero-order valence-electron chi connectivity index (χ0n) is 17.1. The maximum Gasteiger partial charge on any atom is 0.225 e. The van der Waals surface area contributed by atoms with Crippen molar-refractivity contribution in [2.75, 3.05) is 45.5 Å². The Hall–Kier alpha value is -1.97. The lowest BCUT2D eigenvalue weighted by atomic mass is 9.96. The molecule has 0 N–H and O–H groups in total. The molecule has 0 bridgehead atoms. The number of carbonyl (C=O) groups excluding carboxylic acids is 1. The summed E-state index contributed by atoms with van der Waals surface area (Å²) >= 11 is 0. The van der Waals surface area contributed by atoms with Crippen LogP contribution in [0.5, 0.6) is 0 Å². The zero-order valence-corrected chi connectivity index (χ0v) is 17.9. The van der Waals surface area contributed by atoms with E-state index in [1.54, 1.807) is 0 Å². The summed E-state index contributed by atoms with van der Waals surface area (Å²) in [7, 11) is -1.11. The smallest absolute Gasteiger partial charge is 0.225 e. The first kappa shape index (κ1) is 20.3. The fourth-order valence-electron chi connectivity index (χ4n) is 4.36. The van der Waals surface area contributed by atoms with Gasteiger partial charge in [-0.3, -0.25) is 9.69 Å². The highest BCUT2D eigenvalue weighted by atomic mass is 32.2. The normalized spacial score (nSPS) is 20.4. The quantitative estimate of drug-likeness (QED) is 0.735. The Labute approximate surface area is 172 Å². The second-order valence-electron chi connectivity index (χ2n) is 8.11. The molecule has 29 heavy (non-hydrogen) atoms. The molecule has 2 saturated heterocycles. The van der Waals surface area contributed by atoms with E-state index in [0.717, 1.165) is 49.6 Å². The number of rotatable bonds is 4. The van der Waals surface area contributed by atoms with Crippen LogP contribution < -0.4 is 0 Å². The average molecular weight is 420 g/mol. The van der Waals surface area contributed by atoms with Crippen molar-refractivity contribution < 1.29 is 13.2 Å². The van der Waals surface area contributed by atoms with Crippen molar-refractivity contribution in [1.82, 2.24) is 23.7 Å². The van der Waals surface area contributed by atoms with E-state index in [4.69, 9.17) is 4.98 Å². The summed E-state index contributed by atoms with van der Waals surface area (Å²) in [4.78, 5) is 21.9. The third kappa shape index (κ3) is 4.31. The molecule has 1 aromatic carbocycles. The fourth-order valence-corrected chi connectivity index (χ4v) is 5.23. The van der Waals surface area contributed by atoms with Crippen LogP contribution >= 0.6 is 0 Å². The molecule has 0 saturated carbocycles. The van der Waals surface area contributed by atoms with Gasteiger partial charge in [0, 0.05) is 52.2 Å². The molecule has 3 heterocycles. The van der Waals surface area contributed by atoms with Gasteiger partial charge in [0.15, 0.2) is 0 Å². The van der Waals surface area contributed by atoms with E-state index in [1.165, 1.54) is 10.6 Å². The molecule has 0 spiro atoms. The Kier molecular flexibility index (Phi) is 5.63. The van der Waals surface area contributed by atoms with Crippen LogP contribution in [0.1, 0.15) is 18.7 Å². The predicted molar refractivity (Wildman–Crippen MR) is 112 cm³/mol. The molecule has 1 amide bonds. The number of benzene rings is 1. The molecule has 2 aromatic rings. The summed E-state index contributed by atoms with van der Waals surface area (Å²) in [5.41, 5.74) is 2.15. The number of amides is 1. The van der Waals surface area contributed by atoms with Crippen LogP contribution in [0.4, 0.5) is 0 Å². The Balaban J connectivity index is 1.30. The maximum absolute atomic E-state index is 12.9. The van der Waals surface area contributed by atoms with Gasteiger partial charge in [0.05, 0.1) is 23.8 Å². The van der Waals surface area contributed by atoms with E-state index in [-0.39, 0.29) is 11.8 Å². The molecule has 1 aromatic heterocycles. The lowest BCUT2D eigenvalue weighted by molar-refractivity contribution is -0.138. The lowest BCUT2D eigenvalue weighted by Crippen LogP contribution is -2.51. The molecule has 0 unspecified atom stereocenters. The molecule has 9 heteroatoms. The number of carbonyl (C=O) groups is 1. The molecule has 2 fully saturated rings. The molecule has 0 radical (unpaired) electrons. The predicted octanol–water partition coefficient (Wildman–Crippen LogP) is 0.889. The summed E-state index contributed by atoms with van der Waals surface area (Å²) in [6, 6.07) is 8.14. The topological polar surface area (TPSA) is 78.8 Å². The zero-order chi connectivity index (χ0) is 20.6. The van der Waals surface area contributed by atoms with Crippen LogP contribution in [0.15, 0.2) is 24.3 Å². The molecule has 0 aliphatic carbocycles. The summed E-state index contributed by atoms with van der Waals surface area (Å²) in [5, 5.41) is 0. The largest absolute Gasteiger partial charge is 0.340 e. The fraction of sp³-hybridized carbons (Fsp3) is 0.600. The van der Waals surface area contributed by atoms with Crippen LogP contribution in [-0.2, 0) is 28.4 Å². The third-order valence-electron chi connectivity index (χ3n) is 6.20. The molecular formula is C20H29N5O3S. The Morgan fingerprint density at radius 1 is 1.07 bits per heavy atom. The molecule has 8 nitrogen and oxygen atoms in total. The maximum atomic E-state index is 12.9. The Morgan fingerprint density at radius 3 is 2.34 bits per heavy atom. The van der Waals surface area contributed by atoms with Gasteiger partial charge in [0.2, 0.25) is 15.9 Å². The number of fused-ring (bicyclic) bond motifs is 1. The van der Waals surface area contributed by atoms with Gasteiger partial charge in [0.25, 0.3) is 0 Å². The van der Waals surface area contributed by atoms with Gasteiger partial charge in [0.1, 0.15) is 5.82 Å². The van der Waals surface area contributed by atoms with E-state index < -0.39 is 10.0 Å². The molecular weight excluding hydrogens is 390 g/mol. The average Bonchev–Trinajstić information content (AvgIpc) is 3.03. The highest BCUT2D eigenvalue weighted by Gasteiger charge is 2.32. The highest BCUT2D eigenvalue weighted by molar-refractivity contribution is 7.88. The van der Waals surface area contributed by atoms with Crippen molar-refractivity contribution >= 4 is 27.0 Å². The van der Waals surface area contributed by atoms with E-state index in [0.29, 0.717) is 25.9 Å². The summed E-state index contributed by atoms with van der Waals surface area (Å²) in [5.74, 6) is 1.17. The van der Waals surface area contributed by atoms with Crippen molar-refractivity contribution in [2.24, 2.45) is 13.0 Å². The Morgan fingerprint density at radius 2 is 1.72 bits per heavy atom. The van der Waals surface area contributed by atoms with Crippen LogP contribution in [-0.4, -0.2) is 83.5 Å². The van der Waals surface area contributed by atoms with Crippen molar-refractivity contribution in [3.05, 3.63) is 30.1 Å². The third-order valence-corrected chi connectivity index (χ3v) is 7.50. The van der Waals surface area contributed by atoms with Gasteiger partial charge in [-0.1, -0.05) is 12.1 Å². The first-order valence-corrected chi connectivity index (χ1v) is 12.0. The first-order valence-electron chi connectivity index (χ1n) is 10.2. The van der Waals surface area contributed by atoms with Crippen LogP contribution in [0.3, 0.4) is 0 Å². The molecule has 2 aliphatic rings. The highest BCUT2D eigenvalue weighted by Crippen LogP contribution is 2.22. The molecule has 0 atom stereocenters. The number of hydrogen-bond acceptors (Lipinski definition) is 5. The molecule has 158 valence electrons. The van der Waals surface area contributed by atoms with Gasteiger partial charge in [-0.15, -0.1) is 0 Å². The van der Waals surface area contributed by atoms with Gasteiger partial charge in [-0.2, -0.15) is 0 Å². The summed E-state index contributed by atoms with van der Waals surface area (Å²) in [6.45, 7) is 4.77. The van der Waals surface area contributed by atoms with Crippen LogP contribution in [0.25, 0.3) is 11.0 Å². The van der Waals surface area contributed by atoms with E-state index >= 15 is 0 Å². The van der Waals surface area contributed by atoms with Crippen LogP contribution in [0, 0.1) is 5.92 Å². The number of piperazine rings is 1. The van der Waals surface area contributed by atoms with Gasteiger partial charge in [-0.05, 0) is 25.0 Å². The first-order chi connectivity index (χ1) is 13.8. The standard InChI is InChI=1S/C20H29N5O3S/c1-22-18-6-4-3-5-17(18)21-19(22)15-23-11-13-24(14-12-23)20(26)16-7-9-25(10-8-16)29(2,27)28/h3-6,16H,7-15H2,1-2H3. The van der Waals surface area contributed by atoms with Gasteiger partial charge < -0.3 is 9.47 Å². The number of para-hydroxylation sites is 2. The number of piperidine rings is 1. The van der Waals surface area contributed by atoms with Crippen LogP contribution in [0.2, 0.25) is 0 Å². The van der Waals surface area contributed by atoms with Gasteiger partial charge in [-0.25, -0.2) is 17.7 Å². The molecule has 4 rings (SSSR count). The number of aryl methyl sites for hydroxylation is 1. The van der Waals surface area contributed by atoms with Crippen molar-refractivity contribution in [1.29, 1.82) is 0 Å². The van der Waals surface area contributed by atoms with E-state index in [2.05, 4.69) is 15.5 Å². The minimum Gasteiger partial charge on any atom is -0.340 e. The van der Waals surface area contributed by atoms with Gasteiger partial charge >= 0.3 is 0 Å². The molecule has 2 aliphatic heterocycles. The summed E-state index contributed by atoms with van der Waals surface area (Å²) < 4.78 is 26.9. The lowest BCUT2D eigenvalue weighted by Gasteiger charge is -2.38. The second kappa shape index (κ2) is 8.04. The van der Waals surface area contributed by atoms with E-state index in [1.807, 2.05) is 30.1 Å². The number of nitrogens with zero attached hydrogens (tertiary/aromatic N) is 5. The number of imidazole rings is 1. The minimum absolute atomic E-state index is 0.0561. The SMILES string of the molecule is Cn1c(CN2CCN(C(=O)C3CCN(S(C)(=O)=O)CC3)CC2)nc2ccccc21. The number of aromatic nitrogens is 2. The number of hydrogen-bond donors (Lipinski definition) is 0. The summed E-state index contributed by atoms with van der Waals surface area (Å²) in [6.07, 6.45) is 2.47.